The zero-order valence-electron chi connectivity index (χ0n) is 14.0. The van der Waals surface area contributed by atoms with Crippen LogP contribution in [0.4, 0.5) is 11.4 Å². The number of non-ortho nitro benzene ring substituents is 1. The van der Waals surface area contributed by atoms with Crippen molar-refractivity contribution in [2.75, 3.05) is 5.32 Å². The number of pyridine rings is 1. The highest BCUT2D eigenvalue weighted by atomic mass is 35.5. The molecule has 0 aliphatic rings. The molecule has 0 radical (unpaired) electrons. The van der Waals surface area contributed by atoms with Gasteiger partial charge in [-0.15, -0.1) is 0 Å². The fraction of sp³-hybridized carbons (Fsp3) is 0.0526. The van der Waals surface area contributed by atoms with Crippen molar-refractivity contribution >= 4 is 28.9 Å². The maximum atomic E-state index is 12.5. The number of hydrogen-bond acceptors (Lipinski definition) is 4. The average molecular weight is 384 g/mol. The van der Waals surface area contributed by atoms with E-state index < -0.39 is 10.8 Å². The molecule has 0 saturated carbocycles. The Morgan fingerprint density at radius 3 is 2.56 bits per heavy atom. The minimum Gasteiger partial charge on any atom is -0.320 e. The van der Waals surface area contributed by atoms with E-state index in [4.69, 9.17) is 11.6 Å². The molecule has 0 fully saturated rings. The fourth-order valence-corrected chi connectivity index (χ4v) is 2.65. The molecule has 3 aromatic rings. The summed E-state index contributed by atoms with van der Waals surface area (Å²) < 4.78 is 1.42. The summed E-state index contributed by atoms with van der Waals surface area (Å²) in [4.78, 5) is 34.9. The maximum absolute atomic E-state index is 12.5. The van der Waals surface area contributed by atoms with E-state index in [0.29, 0.717) is 6.54 Å². The summed E-state index contributed by atoms with van der Waals surface area (Å²) in [6.07, 6.45) is 1.44. The van der Waals surface area contributed by atoms with E-state index >= 15 is 0 Å². The molecule has 8 heteroatoms. The van der Waals surface area contributed by atoms with Gasteiger partial charge in [0.2, 0.25) is 0 Å². The lowest BCUT2D eigenvalue weighted by Gasteiger charge is -2.10. The Morgan fingerprint density at radius 2 is 1.85 bits per heavy atom. The molecule has 2 aromatic carbocycles. The molecule has 1 aromatic heterocycles. The first-order chi connectivity index (χ1) is 12.9. The smallest absolute Gasteiger partial charge is 0.271 e. The molecule has 1 amide bonds. The van der Waals surface area contributed by atoms with Gasteiger partial charge in [-0.05, 0) is 17.7 Å². The second-order valence-corrected chi connectivity index (χ2v) is 6.15. The van der Waals surface area contributed by atoms with Gasteiger partial charge in [-0.2, -0.15) is 0 Å². The van der Waals surface area contributed by atoms with Gasteiger partial charge in [-0.3, -0.25) is 19.7 Å². The normalized spacial score (nSPS) is 10.4. The first-order valence-corrected chi connectivity index (χ1v) is 8.31. The molecular formula is C19H14ClN3O4. The Balaban J connectivity index is 1.85. The van der Waals surface area contributed by atoms with Gasteiger partial charge in [0, 0.05) is 24.4 Å². The molecule has 0 bridgehead atoms. The Morgan fingerprint density at radius 1 is 1.11 bits per heavy atom. The molecule has 0 unspecified atom stereocenters. The summed E-state index contributed by atoms with van der Waals surface area (Å²) >= 11 is 6.00. The lowest BCUT2D eigenvalue weighted by molar-refractivity contribution is -0.384. The van der Waals surface area contributed by atoms with Gasteiger partial charge >= 0.3 is 0 Å². The van der Waals surface area contributed by atoms with Gasteiger partial charge < -0.3 is 9.88 Å². The topological polar surface area (TPSA) is 94.2 Å². The molecular weight excluding hydrogens is 370 g/mol. The van der Waals surface area contributed by atoms with Gasteiger partial charge in [0.1, 0.15) is 0 Å². The van der Waals surface area contributed by atoms with Crippen LogP contribution < -0.4 is 10.9 Å². The van der Waals surface area contributed by atoms with E-state index in [1.54, 1.807) is 0 Å². The van der Waals surface area contributed by atoms with Crippen molar-refractivity contribution < 1.29 is 9.72 Å². The lowest BCUT2D eigenvalue weighted by atomic mass is 10.2. The molecule has 1 N–H and O–H groups in total. The van der Waals surface area contributed by atoms with Crippen LogP contribution in [0.25, 0.3) is 0 Å². The summed E-state index contributed by atoms with van der Waals surface area (Å²) in [5.74, 6) is -0.529. The molecule has 1 heterocycles. The highest BCUT2D eigenvalue weighted by Crippen LogP contribution is 2.27. The van der Waals surface area contributed by atoms with E-state index in [9.17, 15) is 19.7 Å². The van der Waals surface area contributed by atoms with Crippen LogP contribution in [0.15, 0.2) is 71.7 Å². The molecule has 136 valence electrons. The van der Waals surface area contributed by atoms with Crippen LogP contribution in [0.2, 0.25) is 5.02 Å². The number of benzene rings is 2. The minimum absolute atomic E-state index is 0.122. The Kier molecular flexibility index (Phi) is 5.33. The average Bonchev–Trinajstić information content (AvgIpc) is 2.66. The third-order valence-corrected chi connectivity index (χ3v) is 4.18. The largest absolute Gasteiger partial charge is 0.320 e. The number of nitrogens with one attached hydrogen (secondary N) is 1. The van der Waals surface area contributed by atoms with Crippen LogP contribution in [0.1, 0.15) is 15.9 Å². The number of hydrogen-bond donors (Lipinski definition) is 1. The van der Waals surface area contributed by atoms with E-state index in [1.165, 1.54) is 41.1 Å². The Bertz CT molecular complexity index is 1060. The number of aromatic nitrogens is 1. The fourth-order valence-electron chi connectivity index (χ4n) is 2.49. The molecule has 0 aliphatic carbocycles. The molecule has 27 heavy (non-hydrogen) atoms. The van der Waals surface area contributed by atoms with Crippen LogP contribution >= 0.6 is 11.6 Å². The van der Waals surface area contributed by atoms with Gasteiger partial charge in [-0.1, -0.05) is 41.9 Å². The summed E-state index contributed by atoms with van der Waals surface area (Å²) in [5, 5.41) is 13.6. The summed E-state index contributed by atoms with van der Waals surface area (Å²) in [7, 11) is 0. The van der Waals surface area contributed by atoms with Crippen molar-refractivity contribution in [2.45, 2.75) is 6.54 Å². The van der Waals surface area contributed by atoms with E-state index in [0.717, 1.165) is 5.56 Å². The number of rotatable bonds is 5. The van der Waals surface area contributed by atoms with E-state index in [1.807, 2.05) is 30.3 Å². The van der Waals surface area contributed by atoms with Crippen molar-refractivity contribution in [3.63, 3.8) is 0 Å². The number of carbonyl (C=O) groups is 1. The number of nitro groups is 1. The van der Waals surface area contributed by atoms with Crippen LogP contribution in [-0.2, 0) is 6.54 Å². The second-order valence-electron chi connectivity index (χ2n) is 5.74. The zero-order valence-corrected chi connectivity index (χ0v) is 14.7. The van der Waals surface area contributed by atoms with Crippen LogP contribution in [0.5, 0.6) is 0 Å². The van der Waals surface area contributed by atoms with Crippen LogP contribution in [0.3, 0.4) is 0 Å². The number of amides is 1. The van der Waals surface area contributed by atoms with E-state index in [2.05, 4.69) is 5.32 Å². The number of carbonyl (C=O) groups excluding carboxylic acids is 1. The van der Waals surface area contributed by atoms with Gasteiger partial charge in [0.25, 0.3) is 17.2 Å². The number of nitrogens with zero attached hydrogens (tertiary/aromatic N) is 2. The standard InChI is InChI=1S/C19H14ClN3O4/c20-16-8-7-15(23(26)27)10-17(16)21-19(25)14-6-9-18(24)22(12-14)11-13-4-2-1-3-5-13/h1-10,12H,11H2,(H,21,25). The van der Waals surface area contributed by atoms with Crippen molar-refractivity contribution in [3.8, 4) is 0 Å². The maximum Gasteiger partial charge on any atom is 0.271 e. The summed E-state index contributed by atoms with van der Waals surface area (Å²) in [6.45, 7) is 0.318. The third-order valence-electron chi connectivity index (χ3n) is 3.85. The quantitative estimate of drug-likeness (QED) is 0.536. The highest BCUT2D eigenvalue weighted by Gasteiger charge is 2.14. The number of halogens is 1. The van der Waals surface area contributed by atoms with Crippen LogP contribution in [0, 0.1) is 10.1 Å². The monoisotopic (exact) mass is 383 g/mol. The van der Waals surface area contributed by atoms with E-state index in [-0.39, 0.29) is 27.5 Å². The molecule has 0 atom stereocenters. The van der Waals surface area contributed by atoms with Gasteiger partial charge in [0.15, 0.2) is 0 Å². The number of anilines is 1. The SMILES string of the molecule is O=C(Nc1cc([N+](=O)[O-])ccc1Cl)c1ccc(=O)n(Cc2ccccc2)c1. The summed E-state index contributed by atoms with van der Waals surface area (Å²) in [6, 6.07) is 15.8. The second kappa shape index (κ2) is 7.84. The van der Waals surface area contributed by atoms with Crippen molar-refractivity contribution in [3.05, 3.63) is 103 Å². The summed E-state index contributed by atoms with van der Waals surface area (Å²) in [5.41, 5.74) is 0.830. The van der Waals surface area contributed by atoms with Crippen LogP contribution in [-0.4, -0.2) is 15.4 Å². The first-order valence-electron chi connectivity index (χ1n) is 7.94. The first kappa shape index (κ1) is 18.3. The molecule has 3 rings (SSSR count). The predicted molar refractivity (Wildman–Crippen MR) is 102 cm³/mol. The third kappa shape index (κ3) is 4.39. The number of nitro benzene ring substituents is 1. The predicted octanol–water partition coefficient (Wildman–Crippen LogP) is 3.71. The van der Waals surface area contributed by atoms with Crippen molar-refractivity contribution in [1.82, 2.24) is 4.57 Å². The van der Waals surface area contributed by atoms with Crippen molar-refractivity contribution in [2.24, 2.45) is 0 Å². The van der Waals surface area contributed by atoms with Gasteiger partial charge in [-0.25, -0.2) is 0 Å². The van der Waals surface area contributed by atoms with Gasteiger partial charge in [0.05, 0.1) is 27.7 Å². The van der Waals surface area contributed by atoms with Crippen molar-refractivity contribution in [1.29, 1.82) is 0 Å². The molecule has 0 aliphatic heterocycles. The minimum atomic E-state index is -0.577. The zero-order chi connectivity index (χ0) is 19.4. The highest BCUT2D eigenvalue weighted by molar-refractivity contribution is 6.34. The Hall–Kier alpha value is -3.45. The Labute approximate surface area is 159 Å². The lowest BCUT2D eigenvalue weighted by Crippen LogP contribution is -2.22. The molecule has 0 spiro atoms. The molecule has 0 saturated heterocycles. The molecule has 7 nitrogen and oxygen atoms in total.